The van der Waals surface area contributed by atoms with Crippen LogP contribution in [0.4, 0.5) is 5.13 Å². The second-order valence-corrected chi connectivity index (χ2v) is 15.5. The smallest absolute Gasteiger partial charge is 0.284 e. The van der Waals surface area contributed by atoms with Gasteiger partial charge in [0.2, 0.25) is 10.0 Å². The number of halogens is 2. The van der Waals surface area contributed by atoms with Crippen LogP contribution in [0.15, 0.2) is 28.9 Å². The molecule has 3 saturated carbocycles. The van der Waals surface area contributed by atoms with E-state index in [1.54, 1.807) is 0 Å². The lowest BCUT2D eigenvalue weighted by atomic mass is 9.77. The van der Waals surface area contributed by atoms with Gasteiger partial charge in [-0.15, -0.1) is 0 Å². The van der Waals surface area contributed by atoms with Crippen LogP contribution >= 0.6 is 34.5 Å². The minimum atomic E-state index is -3.66. The van der Waals surface area contributed by atoms with Gasteiger partial charge in [0, 0.05) is 41.7 Å². The first kappa shape index (κ1) is 27.7. The summed E-state index contributed by atoms with van der Waals surface area (Å²) in [6.07, 6.45) is 7.60. The first-order chi connectivity index (χ1) is 20.7. The van der Waals surface area contributed by atoms with E-state index in [4.69, 9.17) is 32.7 Å². The number of anilines is 1. The zero-order valence-electron chi connectivity index (χ0n) is 22.8. The molecule has 3 aliphatic carbocycles. The molecule has 0 spiro atoms. The Morgan fingerprint density at radius 1 is 1.07 bits per heavy atom. The monoisotopic (exact) mass is 659 g/mol. The number of carbonyl (C=O) groups is 1. The second kappa shape index (κ2) is 10.4. The number of nitrogens with zero attached hydrogens (tertiary/aromatic N) is 5. The Morgan fingerprint density at radius 3 is 2.51 bits per heavy atom. The van der Waals surface area contributed by atoms with Gasteiger partial charge in [-0.05, 0) is 57.1 Å². The Balaban J connectivity index is 0.955. The summed E-state index contributed by atoms with van der Waals surface area (Å²) in [7, 11) is -3.66. The van der Waals surface area contributed by atoms with Crippen LogP contribution in [-0.4, -0.2) is 57.8 Å². The highest BCUT2D eigenvalue weighted by Crippen LogP contribution is 2.47. The van der Waals surface area contributed by atoms with Crippen LogP contribution in [0.2, 0.25) is 10.0 Å². The van der Waals surface area contributed by atoms with Crippen molar-refractivity contribution in [2.75, 3.05) is 4.90 Å². The Labute approximate surface area is 261 Å². The maximum absolute atomic E-state index is 12.5. The fourth-order valence-corrected chi connectivity index (χ4v) is 9.16. The molecule has 11 nitrogen and oxygen atoms in total. The molecular formula is C28H27Cl2N7O4S2. The van der Waals surface area contributed by atoms with E-state index in [2.05, 4.69) is 30.1 Å². The van der Waals surface area contributed by atoms with Gasteiger partial charge in [0.25, 0.3) is 5.91 Å². The standard InChI is InChI=1S/C28H27Cl2N7O4S2/c29-19-2-1-3-20(30)22(19)23-18(24(41-35-23)13-4-5-13)11-31-14-8-15-10-16(9-14)37(15)28-34-25-27(42-28)33-21(12-32-25)26(38)36-43(39,40)17-6-7-17/h1-3,12-17,31H,4-11H2,(H,36,38). The lowest BCUT2D eigenvalue weighted by Gasteiger charge is -2.55. The van der Waals surface area contributed by atoms with Gasteiger partial charge >= 0.3 is 0 Å². The molecule has 2 bridgehead atoms. The number of hydrogen-bond acceptors (Lipinski definition) is 11. The number of rotatable bonds is 9. The molecule has 2 atom stereocenters. The van der Waals surface area contributed by atoms with Crippen LogP contribution in [0.3, 0.4) is 0 Å². The number of amides is 1. The van der Waals surface area contributed by atoms with Crippen molar-refractivity contribution < 1.29 is 17.7 Å². The number of hydrogen-bond donors (Lipinski definition) is 2. The van der Waals surface area contributed by atoms with Crippen LogP contribution < -0.4 is 14.9 Å². The lowest BCUT2D eigenvalue weighted by molar-refractivity contribution is 0.0976. The van der Waals surface area contributed by atoms with E-state index in [0.717, 1.165) is 48.6 Å². The average Bonchev–Trinajstić information content (AvgIpc) is 3.91. The summed E-state index contributed by atoms with van der Waals surface area (Å²) in [5.74, 6) is 0.558. The number of sulfonamides is 1. The number of aromatic nitrogens is 4. The Morgan fingerprint density at radius 2 is 1.81 bits per heavy atom. The SMILES string of the molecule is O=C(NS(=O)(=O)C1CC1)c1cnc2nc(N3C4CC(NCc5c(-c6c(Cl)cccc6Cl)noc5C5CC5)CC3C4)sc2n1. The molecule has 5 heterocycles. The molecule has 9 rings (SSSR count). The van der Waals surface area contributed by atoms with Crippen LogP contribution in [0.25, 0.3) is 21.7 Å². The minimum Gasteiger partial charge on any atom is -0.360 e. The summed E-state index contributed by atoms with van der Waals surface area (Å²) in [4.78, 5) is 28.8. The maximum Gasteiger partial charge on any atom is 0.284 e. The summed E-state index contributed by atoms with van der Waals surface area (Å²) >= 11 is 14.4. The van der Waals surface area contributed by atoms with E-state index in [1.807, 2.05) is 18.2 Å². The van der Waals surface area contributed by atoms with Gasteiger partial charge < -0.3 is 14.7 Å². The summed E-state index contributed by atoms with van der Waals surface area (Å²) in [6.45, 7) is 0.618. The van der Waals surface area contributed by atoms with Crippen molar-refractivity contribution >= 4 is 66.1 Å². The summed E-state index contributed by atoms with van der Waals surface area (Å²) in [5, 5.41) is 9.60. The first-order valence-electron chi connectivity index (χ1n) is 14.4. The molecule has 2 N–H and O–H groups in total. The fourth-order valence-electron chi connectivity index (χ4n) is 6.25. The minimum absolute atomic E-state index is 0.0308. The number of benzene rings is 1. The van der Waals surface area contributed by atoms with Crippen molar-refractivity contribution in [1.29, 1.82) is 0 Å². The number of thiazole rings is 1. The molecule has 224 valence electrons. The number of fused-ring (bicyclic) bond motifs is 3. The molecule has 5 aliphatic rings. The lowest BCUT2D eigenvalue weighted by Crippen LogP contribution is -2.64. The molecule has 2 aliphatic heterocycles. The third kappa shape index (κ3) is 5.08. The van der Waals surface area contributed by atoms with E-state index in [9.17, 15) is 13.2 Å². The van der Waals surface area contributed by atoms with E-state index in [0.29, 0.717) is 75.2 Å². The molecule has 43 heavy (non-hydrogen) atoms. The summed E-state index contributed by atoms with van der Waals surface area (Å²) < 4.78 is 32.3. The molecule has 3 aromatic heterocycles. The number of carbonyl (C=O) groups excluding carboxylic acids is 1. The maximum atomic E-state index is 12.5. The van der Waals surface area contributed by atoms with E-state index in [-0.39, 0.29) is 5.69 Å². The average molecular weight is 661 g/mol. The summed E-state index contributed by atoms with van der Waals surface area (Å²) in [5.41, 5.74) is 2.87. The quantitative estimate of drug-likeness (QED) is 0.251. The van der Waals surface area contributed by atoms with Crippen molar-refractivity contribution in [3.8, 4) is 11.3 Å². The number of piperidine rings is 1. The zero-order valence-corrected chi connectivity index (χ0v) is 25.9. The van der Waals surface area contributed by atoms with Gasteiger partial charge in [0.05, 0.1) is 21.5 Å². The molecule has 1 aromatic carbocycles. The Bertz CT molecular complexity index is 1840. The van der Waals surface area contributed by atoms with Crippen molar-refractivity contribution in [1.82, 2.24) is 30.1 Å². The van der Waals surface area contributed by atoms with Crippen LogP contribution in [-0.2, 0) is 16.6 Å². The predicted octanol–water partition coefficient (Wildman–Crippen LogP) is 5.05. The van der Waals surface area contributed by atoms with Gasteiger partial charge in [-0.25, -0.2) is 23.1 Å². The molecule has 4 aromatic rings. The van der Waals surface area contributed by atoms with Crippen LogP contribution in [0, 0.1) is 0 Å². The molecule has 2 saturated heterocycles. The highest BCUT2D eigenvalue weighted by atomic mass is 35.5. The van der Waals surface area contributed by atoms with Gasteiger partial charge in [-0.1, -0.05) is 45.8 Å². The third-order valence-electron chi connectivity index (χ3n) is 8.74. The van der Waals surface area contributed by atoms with Crippen molar-refractivity contribution in [3.05, 3.63) is 51.5 Å². The highest BCUT2D eigenvalue weighted by Gasteiger charge is 2.47. The molecular weight excluding hydrogens is 633 g/mol. The largest absolute Gasteiger partial charge is 0.360 e. The van der Waals surface area contributed by atoms with E-state index in [1.165, 1.54) is 17.5 Å². The summed E-state index contributed by atoms with van der Waals surface area (Å²) in [6, 6.07) is 6.42. The number of nitrogens with one attached hydrogen (secondary N) is 2. The van der Waals surface area contributed by atoms with Crippen LogP contribution in [0.1, 0.15) is 72.7 Å². The van der Waals surface area contributed by atoms with Gasteiger partial charge in [-0.2, -0.15) is 4.98 Å². The van der Waals surface area contributed by atoms with E-state index < -0.39 is 21.2 Å². The molecule has 1 amide bonds. The van der Waals surface area contributed by atoms with Crippen LogP contribution in [0.5, 0.6) is 0 Å². The topological polar surface area (TPSA) is 143 Å². The van der Waals surface area contributed by atoms with Gasteiger partial charge in [-0.3, -0.25) is 4.79 Å². The zero-order chi connectivity index (χ0) is 29.5. The molecule has 0 radical (unpaired) electrons. The van der Waals surface area contributed by atoms with E-state index >= 15 is 0 Å². The Hall–Kier alpha value is -2.84. The van der Waals surface area contributed by atoms with Gasteiger partial charge in [0.15, 0.2) is 15.6 Å². The normalized spacial score (nSPS) is 23.4. The molecule has 2 unspecified atom stereocenters. The third-order valence-corrected chi connectivity index (χ3v) is 12.1. The first-order valence-corrected chi connectivity index (χ1v) is 17.5. The van der Waals surface area contributed by atoms with Crippen molar-refractivity contribution in [3.63, 3.8) is 0 Å². The van der Waals surface area contributed by atoms with Gasteiger partial charge in [0.1, 0.15) is 17.1 Å². The van der Waals surface area contributed by atoms with Crippen molar-refractivity contribution in [2.45, 2.75) is 80.8 Å². The van der Waals surface area contributed by atoms with Crippen molar-refractivity contribution in [2.24, 2.45) is 0 Å². The fraction of sp³-hybridized carbons (Fsp3) is 0.464. The molecule has 5 fully saturated rings. The second-order valence-electron chi connectivity index (χ2n) is 11.8. The Kier molecular flexibility index (Phi) is 6.68. The molecule has 15 heteroatoms. The predicted molar refractivity (Wildman–Crippen MR) is 163 cm³/mol. The highest BCUT2D eigenvalue weighted by molar-refractivity contribution is 7.91.